The molecule has 1 heterocycles. The summed E-state index contributed by atoms with van der Waals surface area (Å²) in [4.78, 5) is 0. The molecule has 0 aromatic rings. The van der Waals surface area contributed by atoms with Crippen LogP contribution in [0.15, 0.2) is 12.2 Å². The zero-order valence-electron chi connectivity index (χ0n) is 7.87. The molecule has 1 saturated heterocycles. The Hall–Kier alpha value is -0.380. The van der Waals surface area contributed by atoms with E-state index in [9.17, 15) is 0 Å². The molecule has 1 unspecified atom stereocenters. The maximum Gasteiger partial charge on any atom is 0.147 e. The van der Waals surface area contributed by atoms with Crippen LogP contribution in [0.4, 0.5) is 0 Å². The number of hydrogen-bond donors (Lipinski definition) is 1. The molecule has 0 radical (unpaired) electrons. The predicted octanol–water partition coefficient (Wildman–Crippen LogP) is 1.06. The molecule has 1 fully saturated rings. The Labute approximate surface area is 79.1 Å². The van der Waals surface area contributed by atoms with Crippen LogP contribution in [-0.2, 0) is 9.47 Å². The molecular formula is C10H17NO2. The summed E-state index contributed by atoms with van der Waals surface area (Å²) in [6, 6.07) is 0.645. The summed E-state index contributed by atoms with van der Waals surface area (Å²) < 4.78 is 10.5. The van der Waals surface area contributed by atoms with Gasteiger partial charge in [-0.15, -0.1) is 0 Å². The van der Waals surface area contributed by atoms with Gasteiger partial charge in [0.2, 0.25) is 0 Å². The highest BCUT2D eigenvalue weighted by molar-refractivity contribution is 4.97. The van der Waals surface area contributed by atoms with E-state index in [2.05, 4.69) is 17.5 Å². The van der Waals surface area contributed by atoms with Crippen LogP contribution in [0.1, 0.15) is 19.3 Å². The van der Waals surface area contributed by atoms with Crippen molar-refractivity contribution in [3.8, 4) is 0 Å². The second-order valence-electron chi connectivity index (χ2n) is 3.65. The van der Waals surface area contributed by atoms with Crippen molar-refractivity contribution in [1.29, 1.82) is 0 Å². The van der Waals surface area contributed by atoms with Gasteiger partial charge in [-0.2, -0.15) is 0 Å². The monoisotopic (exact) mass is 183 g/mol. The third-order valence-electron chi connectivity index (χ3n) is 2.61. The molecular weight excluding hydrogens is 166 g/mol. The molecule has 1 N–H and O–H groups in total. The van der Waals surface area contributed by atoms with Gasteiger partial charge < -0.3 is 14.8 Å². The molecule has 0 aromatic carbocycles. The first-order valence-corrected chi connectivity index (χ1v) is 5.03. The van der Waals surface area contributed by atoms with Gasteiger partial charge in [-0.1, -0.05) is 12.2 Å². The summed E-state index contributed by atoms with van der Waals surface area (Å²) in [5, 5.41) is 3.51. The summed E-state index contributed by atoms with van der Waals surface area (Å²) in [6.07, 6.45) is 8.19. The fourth-order valence-corrected chi connectivity index (χ4v) is 1.74. The summed E-state index contributed by atoms with van der Waals surface area (Å²) in [7, 11) is 0. The van der Waals surface area contributed by atoms with Gasteiger partial charge in [-0.05, 0) is 19.3 Å². The molecule has 0 amide bonds. The van der Waals surface area contributed by atoms with Gasteiger partial charge in [0.1, 0.15) is 6.79 Å². The molecule has 0 aromatic heterocycles. The molecule has 1 aliphatic heterocycles. The van der Waals surface area contributed by atoms with Crippen LogP contribution >= 0.6 is 0 Å². The van der Waals surface area contributed by atoms with Gasteiger partial charge in [0.15, 0.2) is 0 Å². The summed E-state index contributed by atoms with van der Waals surface area (Å²) in [6.45, 7) is 2.28. The van der Waals surface area contributed by atoms with Crippen molar-refractivity contribution in [2.24, 2.45) is 0 Å². The van der Waals surface area contributed by atoms with Crippen molar-refractivity contribution < 1.29 is 9.47 Å². The van der Waals surface area contributed by atoms with Crippen molar-refractivity contribution in [3.63, 3.8) is 0 Å². The molecule has 2 rings (SSSR count). The molecule has 1 atom stereocenters. The number of hydrogen-bond acceptors (Lipinski definition) is 3. The van der Waals surface area contributed by atoms with Gasteiger partial charge >= 0.3 is 0 Å². The molecule has 74 valence electrons. The SMILES string of the molecule is C1=CCC(NCC2CCOCO2)C1. The molecule has 3 nitrogen and oxygen atoms in total. The lowest BCUT2D eigenvalue weighted by Gasteiger charge is -2.24. The second kappa shape index (κ2) is 4.74. The highest BCUT2D eigenvalue weighted by atomic mass is 16.7. The summed E-state index contributed by atoms with van der Waals surface area (Å²) in [5.41, 5.74) is 0. The van der Waals surface area contributed by atoms with E-state index in [-0.39, 0.29) is 0 Å². The van der Waals surface area contributed by atoms with Crippen molar-refractivity contribution in [1.82, 2.24) is 5.32 Å². The van der Waals surface area contributed by atoms with Crippen molar-refractivity contribution >= 4 is 0 Å². The molecule has 1 aliphatic carbocycles. The molecule has 0 spiro atoms. The van der Waals surface area contributed by atoms with Crippen LogP contribution in [-0.4, -0.2) is 32.1 Å². The third-order valence-corrected chi connectivity index (χ3v) is 2.61. The minimum Gasteiger partial charge on any atom is -0.355 e. The topological polar surface area (TPSA) is 30.5 Å². The lowest BCUT2D eigenvalue weighted by atomic mass is 10.2. The average Bonchev–Trinajstić information content (AvgIpc) is 2.69. The summed E-state index contributed by atoms with van der Waals surface area (Å²) in [5.74, 6) is 0. The van der Waals surface area contributed by atoms with Gasteiger partial charge in [-0.3, -0.25) is 0 Å². The average molecular weight is 183 g/mol. The van der Waals surface area contributed by atoms with Crippen LogP contribution in [0.3, 0.4) is 0 Å². The van der Waals surface area contributed by atoms with E-state index >= 15 is 0 Å². The van der Waals surface area contributed by atoms with E-state index in [0.29, 0.717) is 18.9 Å². The quantitative estimate of drug-likeness (QED) is 0.664. The lowest BCUT2D eigenvalue weighted by molar-refractivity contribution is -0.137. The first-order valence-electron chi connectivity index (χ1n) is 5.03. The number of nitrogens with one attached hydrogen (secondary N) is 1. The normalized spacial score (nSPS) is 29.7. The second-order valence-corrected chi connectivity index (χ2v) is 3.65. The Morgan fingerprint density at radius 2 is 2.15 bits per heavy atom. The molecule has 0 saturated carbocycles. The first-order chi connectivity index (χ1) is 6.45. The van der Waals surface area contributed by atoms with Crippen molar-refractivity contribution in [3.05, 3.63) is 12.2 Å². The van der Waals surface area contributed by atoms with E-state index in [1.165, 1.54) is 12.8 Å². The Morgan fingerprint density at radius 3 is 2.85 bits per heavy atom. The van der Waals surface area contributed by atoms with Crippen LogP contribution in [0.5, 0.6) is 0 Å². The van der Waals surface area contributed by atoms with E-state index < -0.39 is 0 Å². The van der Waals surface area contributed by atoms with E-state index in [4.69, 9.17) is 9.47 Å². The summed E-state index contributed by atoms with van der Waals surface area (Å²) >= 11 is 0. The van der Waals surface area contributed by atoms with Gasteiger partial charge in [0.05, 0.1) is 12.7 Å². The van der Waals surface area contributed by atoms with Crippen LogP contribution in [0, 0.1) is 0 Å². The predicted molar refractivity (Wildman–Crippen MR) is 50.5 cm³/mol. The molecule has 3 heteroatoms. The molecule has 2 aliphatic rings. The Balaban J connectivity index is 1.61. The zero-order chi connectivity index (χ0) is 8.93. The zero-order valence-corrected chi connectivity index (χ0v) is 7.87. The number of rotatable bonds is 3. The lowest BCUT2D eigenvalue weighted by Crippen LogP contribution is -2.38. The Kier molecular flexibility index (Phi) is 3.35. The highest BCUT2D eigenvalue weighted by Gasteiger charge is 2.16. The Bertz CT molecular complexity index is 168. The third kappa shape index (κ3) is 2.79. The minimum absolute atomic E-state index is 0.356. The first kappa shape index (κ1) is 9.19. The Morgan fingerprint density at radius 1 is 1.31 bits per heavy atom. The minimum atomic E-state index is 0.356. The fourth-order valence-electron chi connectivity index (χ4n) is 1.74. The smallest absolute Gasteiger partial charge is 0.147 e. The highest BCUT2D eigenvalue weighted by Crippen LogP contribution is 2.10. The number of ether oxygens (including phenoxy) is 2. The van der Waals surface area contributed by atoms with Crippen LogP contribution in [0.25, 0.3) is 0 Å². The largest absolute Gasteiger partial charge is 0.355 e. The maximum absolute atomic E-state index is 5.43. The van der Waals surface area contributed by atoms with Crippen molar-refractivity contribution in [2.45, 2.75) is 31.4 Å². The van der Waals surface area contributed by atoms with Gasteiger partial charge in [0, 0.05) is 12.6 Å². The van der Waals surface area contributed by atoms with E-state index in [0.717, 1.165) is 19.6 Å². The fraction of sp³-hybridized carbons (Fsp3) is 0.800. The van der Waals surface area contributed by atoms with Gasteiger partial charge in [-0.25, -0.2) is 0 Å². The molecule has 13 heavy (non-hydrogen) atoms. The van der Waals surface area contributed by atoms with E-state index in [1.807, 2.05) is 0 Å². The maximum atomic E-state index is 5.43. The van der Waals surface area contributed by atoms with Gasteiger partial charge in [0.25, 0.3) is 0 Å². The van der Waals surface area contributed by atoms with Crippen LogP contribution in [0.2, 0.25) is 0 Å². The molecule has 0 bridgehead atoms. The standard InChI is InChI=1S/C10H17NO2/c1-2-4-9(3-1)11-7-10-5-6-12-8-13-10/h1-2,9-11H,3-8H2. The van der Waals surface area contributed by atoms with Crippen LogP contribution < -0.4 is 5.32 Å². The van der Waals surface area contributed by atoms with E-state index in [1.54, 1.807) is 0 Å². The van der Waals surface area contributed by atoms with Crippen molar-refractivity contribution in [2.75, 3.05) is 19.9 Å².